The van der Waals surface area contributed by atoms with E-state index in [-0.39, 0.29) is 23.3 Å². The van der Waals surface area contributed by atoms with Gasteiger partial charge in [-0.25, -0.2) is 0 Å². The average molecular weight is 194 g/mol. The van der Waals surface area contributed by atoms with E-state index in [4.69, 9.17) is 0 Å². The van der Waals surface area contributed by atoms with Crippen molar-refractivity contribution in [3.8, 4) is 5.75 Å². The summed E-state index contributed by atoms with van der Waals surface area (Å²) in [5.74, 6) is -0.354. The van der Waals surface area contributed by atoms with Gasteiger partial charge in [-0.2, -0.15) is 0 Å². The first-order valence-corrected chi connectivity index (χ1v) is 4.59. The van der Waals surface area contributed by atoms with Crippen LogP contribution >= 0.6 is 0 Å². The normalized spacial score (nSPS) is 12.1. The highest BCUT2D eigenvalue weighted by Gasteiger charge is 2.11. The number of hydrogen-bond donors (Lipinski definition) is 2. The van der Waals surface area contributed by atoms with Gasteiger partial charge in [-0.1, -0.05) is 6.92 Å². The van der Waals surface area contributed by atoms with Gasteiger partial charge in [0.25, 0.3) is 5.91 Å². The van der Waals surface area contributed by atoms with Gasteiger partial charge in [-0.3, -0.25) is 9.78 Å². The third-order valence-electron chi connectivity index (χ3n) is 2.03. The molecule has 2 N–H and O–H groups in total. The van der Waals surface area contributed by atoms with Crippen LogP contribution in [-0.4, -0.2) is 22.0 Å². The summed E-state index contributed by atoms with van der Waals surface area (Å²) in [5, 5.41) is 12.1. The Labute approximate surface area is 83.0 Å². The van der Waals surface area contributed by atoms with Crippen LogP contribution in [0.5, 0.6) is 5.75 Å². The van der Waals surface area contributed by atoms with E-state index in [0.717, 1.165) is 6.42 Å². The molecule has 1 heterocycles. The zero-order chi connectivity index (χ0) is 10.6. The number of nitrogens with zero attached hydrogens (tertiary/aromatic N) is 1. The summed E-state index contributed by atoms with van der Waals surface area (Å²) in [6.07, 6.45) is 3.59. The Morgan fingerprint density at radius 2 is 2.43 bits per heavy atom. The van der Waals surface area contributed by atoms with E-state index < -0.39 is 0 Å². The van der Waals surface area contributed by atoms with Gasteiger partial charge in [-0.05, 0) is 19.4 Å². The van der Waals surface area contributed by atoms with Crippen molar-refractivity contribution in [2.75, 3.05) is 0 Å². The summed E-state index contributed by atoms with van der Waals surface area (Å²) in [5.41, 5.74) is 0.264. The van der Waals surface area contributed by atoms with Gasteiger partial charge in [0, 0.05) is 12.2 Å². The van der Waals surface area contributed by atoms with Crippen LogP contribution in [0.15, 0.2) is 18.5 Å². The van der Waals surface area contributed by atoms with E-state index in [2.05, 4.69) is 10.3 Å². The molecule has 4 heteroatoms. The van der Waals surface area contributed by atoms with Gasteiger partial charge in [0.15, 0.2) is 0 Å². The summed E-state index contributed by atoms with van der Waals surface area (Å²) in [6, 6.07) is 1.60. The molecule has 0 aliphatic rings. The lowest BCUT2D eigenvalue weighted by atomic mass is 10.2. The highest BCUT2D eigenvalue weighted by atomic mass is 16.3. The number of pyridine rings is 1. The Bertz CT molecular complexity index is 326. The molecule has 0 radical (unpaired) electrons. The van der Waals surface area contributed by atoms with Gasteiger partial charge < -0.3 is 10.4 Å². The third kappa shape index (κ3) is 2.45. The quantitative estimate of drug-likeness (QED) is 0.762. The van der Waals surface area contributed by atoms with Crippen LogP contribution in [0.25, 0.3) is 0 Å². The molecule has 0 saturated heterocycles. The lowest BCUT2D eigenvalue weighted by molar-refractivity contribution is 0.0936. The summed E-state index contributed by atoms with van der Waals surface area (Å²) in [6.45, 7) is 3.90. The van der Waals surface area contributed by atoms with E-state index in [1.165, 1.54) is 18.5 Å². The average Bonchev–Trinajstić information content (AvgIpc) is 2.18. The predicted molar refractivity (Wildman–Crippen MR) is 53.1 cm³/mol. The van der Waals surface area contributed by atoms with E-state index in [0.29, 0.717) is 0 Å². The van der Waals surface area contributed by atoms with Crippen LogP contribution in [0.3, 0.4) is 0 Å². The first kappa shape index (κ1) is 10.5. The Balaban J connectivity index is 2.75. The van der Waals surface area contributed by atoms with Crippen LogP contribution in [0.1, 0.15) is 30.6 Å². The molecule has 0 aliphatic heterocycles. The number of carbonyl (C=O) groups is 1. The molecule has 1 atom stereocenters. The monoisotopic (exact) mass is 194 g/mol. The van der Waals surface area contributed by atoms with Crippen molar-refractivity contribution in [3.05, 3.63) is 24.0 Å². The summed E-state index contributed by atoms with van der Waals surface area (Å²) in [7, 11) is 0. The summed E-state index contributed by atoms with van der Waals surface area (Å²) < 4.78 is 0. The molecule has 14 heavy (non-hydrogen) atoms. The zero-order valence-electron chi connectivity index (χ0n) is 8.32. The molecule has 1 aromatic heterocycles. The Hall–Kier alpha value is -1.58. The maximum Gasteiger partial charge on any atom is 0.255 e. The fourth-order valence-electron chi connectivity index (χ4n) is 0.982. The predicted octanol–water partition coefficient (Wildman–Crippen LogP) is 1.32. The number of nitrogens with one attached hydrogen (secondary N) is 1. The third-order valence-corrected chi connectivity index (χ3v) is 2.03. The van der Waals surface area contributed by atoms with Crippen molar-refractivity contribution in [1.29, 1.82) is 0 Å². The first-order valence-electron chi connectivity index (χ1n) is 4.59. The van der Waals surface area contributed by atoms with Crippen molar-refractivity contribution in [1.82, 2.24) is 10.3 Å². The molecule has 76 valence electrons. The van der Waals surface area contributed by atoms with Crippen LogP contribution in [-0.2, 0) is 0 Å². The minimum atomic E-state index is -0.265. The lowest BCUT2D eigenvalue weighted by Gasteiger charge is -2.11. The van der Waals surface area contributed by atoms with Crippen LogP contribution < -0.4 is 5.32 Å². The first-order chi connectivity index (χ1) is 6.65. The zero-order valence-corrected chi connectivity index (χ0v) is 8.32. The van der Waals surface area contributed by atoms with Gasteiger partial charge in [-0.15, -0.1) is 0 Å². The largest absolute Gasteiger partial charge is 0.505 e. The minimum Gasteiger partial charge on any atom is -0.505 e. The molecule has 1 rings (SSSR count). The molecule has 0 spiro atoms. The van der Waals surface area contributed by atoms with Gasteiger partial charge in [0.05, 0.1) is 11.8 Å². The maximum absolute atomic E-state index is 11.5. The van der Waals surface area contributed by atoms with Crippen molar-refractivity contribution in [2.45, 2.75) is 26.3 Å². The molecule has 0 bridgehead atoms. The standard InChI is InChI=1S/C10H14N2O2/c1-3-7(2)12-10(14)8-4-5-11-6-9(8)13/h4-7,13H,3H2,1-2H3,(H,12,14). The molecular formula is C10H14N2O2. The molecule has 1 amide bonds. The summed E-state index contributed by atoms with van der Waals surface area (Å²) >= 11 is 0. The highest BCUT2D eigenvalue weighted by Crippen LogP contribution is 2.13. The number of aromatic nitrogens is 1. The van der Waals surface area contributed by atoms with Crippen molar-refractivity contribution >= 4 is 5.91 Å². The molecule has 1 unspecified atom stereocenters. The number of rotatable bonds is 3. The van der Waals surface area contributed by atoms with E-state index in [9.17, 15) is 9.90 Å². The maximum atomic E-state index is 11.5. The second-order valence-electron chi connectivity index (χ2n) is 3.18. The Morgan fingerprint density at radius 3 is 3.00 bits per heavy atom. The van der Waals surface area contributed by atoms with E-state index >= 15 is 0 Å². The number of carbonyl (C=O) groups excluding carboxylic acids is 1. The topological polar surface area (TPSA) is 62.2 Å². The van der Waals surface area contributed by atoms with Gasteiger partial charge in [0.1, 0.15) is 5.75 Å². The Morgan fingerprint density at radius 1 is 1.71 bits per heavy atom. The SMILES string of the molecule is CCC(C)NC(=O)c1ccncc1O. The molecular weight excluding hydrogens is 180 g/mol. The van der Waals surface area contributed by atoms with Crippen LogP contribution in [0.2, 0.25) is 0 Å². The molecule has 4 nitrogen and oxygen atoms in total. The number of aromatic hydroxyl groups is 1. The van der Waals surface area contributed by atoms with Gasteiger partial charge in [0.2, 0.25) is 0 Å². The number of amides is 1. The van der Waals surface area contributed by atoms with E-state index in [1.807, 2.05) is 13.8 Å². The number of hydrogen-bond acceptors (Lipinski definition) is 3. The molecule has 1 aromatic rings. The van der Waals surface area contributed by atoms with Crippen LogP contribution in [0.4, 0.5) is 0 Å². The minimum absolute atomic E-state index is 0.0895. The highest BCUT2D eigenvalue weighted by molar-refractivity contribution is 5.96. The van der Waals surface area contributed by atoms with Crippen LogP contribution in [0, 0.1) is 0 Å². The van der Waals surface area contributed by atoms with Crippen molar-refractivity contribution in [3.63, 3.8) is 0 Å². The second kappa shape index (κ2) is 4.60. The Kier molecular flexibility index (Phi) is 3.45. The van der Waals surface area contributed by atoms with Crippen molar-refractivity contribution in [2.24, 2.45) is 0 Å². The van der Waals surface area contributed by atoms with Gasteiger partial charge >= 0.3 is 0 Å². The fourth-order valence-corrected chi connectivity index (χ4v) is 0.982. The summed E-state index contributed by atoms with van der Waals surface area (Å²) in [4.78, 5) is 15.2. The molecule has 0 fully saturated rings. The molecule has 0 aliphatic carbocycles. The fraction of sp³-hybridized carbons (Fsp3) is 0.400. The van der Waals surface area contributed by atoms with E-state index in [1.54, 1.807) is 0 Å². The van der Waals surface area contributed by atoms with Crippen molar-refractivity contribution < 1.29 is 9.90 Å². The smallest absolute Gasteiger partial charge is 0.255 e. The lowest BCUT2D eigenvalue weighted by Crippen LogP contribution is -2.31. The molecule has 0 saturated carbocycles. The second-order valence-corrected chi connectivity index (χ2v) is 3.18. The molecule has 0 aromatic carbocycles.